The van der Waals surface area contributed by atoms with E-state index >= 15 is 0 Å². The largest absolute Gasteiger partial charge is 0.366 e. The van der Waals surface area contributed by atoms with Gasteiger partial charge in [0, 0.05) is 42.3 Å². The summed E-state index contributed by atoms with van der Waals surface area (Å²) >= 11 is 0. The van der Waals surface area contributed by atoms with Crippen molar-refractivity contribution in [3.63, 3.8) is 0 Å². The molecule has 0 saturated heterocycles. The summed E-state index contributed by atoms with van der Waals surface area (Å²) in [7, 11) is 11.6. The van der Waals surface area contributed by atoms with Crippen molar-refractivity contribution in [3.8, 4) is 0 Å². The lowest BCUT2D eigenvalue weighted by Gasteiger charge is -2.20. The average molecular weight is 184 g/mol. The van der Waals surface area contributed by atoms with Crippen molar-refractivity contribution < 1.29 is 0 Å². The summed E-state index contributed by atoms with van der Waals surface area (Å²) < 4.78 is 0. The Hall–Kier alpha value is -1.06. The molecule has 0 aromatic rings. The first-order valence-corrected chi connectivity index (χ1v) is 4.28. The van der Waals surface area contributed by atoms with Crippen LogP contribution >= 0.6 is 0 Å². The molecular formula is C9H20N4. The van der Waals surface area contributed by atoms with Gasteiger partial charge in [0.25, 0.3) is 0 Å². The molecule has 0 fully saturated rings. The van der Waals surface area contributed by atoms with E-state index in [9.17, 15) is 0 Å². The van der Waals surface area contributed by atoms with E-state index < -0.39 is 0 Å². The molecule has 4 heteroatoms. The molecule has 0 amide bonds. The fraction of sp³-hybridized carbons (Fsp3) is 0.778. The van der Waals surface area contributed by atoms with E-state index in [1.807, 2.05) is 38.0 Å². The van der Waals surface area contributed by atoms with Gasteiger partial charge in [0.15, 0.2) is 0 Å². The van der Waals surface area contributed by atoms with Crippen LogP contribution in [0.25, 0.3) is 0 Å². The third-order valence-electron chi connectivity index (χ3n) is 1.86. The van der Waals surface area contributed by atoms with Crippen molar-refractivity contribution in [3.05, 3.63) is 0 Å². The summed E-state index contributed by atoms with van der Waals surface area (Å²) in [4.78, 5) is 12.4. The fourth-order valence-corrected chi connectivity index (χ4v) is 1.02. The Kier molecular flexibility index (Phi) is 5.11. The van der Waals surface area contributed by atoms with E-state index in [4.69, 9.17) is 0 Å². The molecule has 0 radical (unpaired) electrons. The van der Waals surface area contributed by atoms with Crippen molar-refractivity contribution in [1.29, 1.82) is 0 Å². The molecule has 13 heavy (non-hydrogen) atoms. The highest BCUT2D eigenvalue weighted by atomic mass is 15.2. The summed E-state index contributed by atoms with van der Waals surface area (Å²) in [5, 5.41) is 0. The fourth-order valence-electron chi connectivity index (χ4n) is 1.02. The number of rotatable bonds is 2. The predicted molar refractivity (Wildman–Crippen MR) is 58.7 cm³/mol. The minimum Gasteiger partial charge on any atom is -0.366 e. The standard InChI is InChI=1S/C9H20N4/c1-10-8(12(3)4)7-9(11-2)13(5)6/h7H2,1-6H3. The quantitative estimate of drug-likeness (QED) is 0.464. The molecule has 0 aromatic carbocycles. The number of hydrogen-bond acceptors (Lipinski definition) is 2. The van der Waals surface area contributed by atoms with E-state index in [0.717, 1.165) is 18.1 Å². The first-order valence-electron chi connectivity index (χ1n) is 4.28. The second kappa shape index (κ2) is 5.56. The highest BCUT2D eigenvalue weighted by molar-refractivity contribution is 6.01. The second-order valence-electron chi connectivity index (χ2n) is 3.25. The van der Waals surface area contributed by atoms with E-state index in [0.29, 0.717) is 0 Å². The van der Waals surface area contributed by atoms with Gasteiger partial charge in [0.05, 0.1) is 6.42 Å². The number of nitrogens with zero attached hydrogens (tertiary/aromatic N) is 4. The zero-order valence-electron chi connectivity index (χ0n) is 9.50. The summed E-state index contributed by atoms with van der Waals surface area (Å²) in [6, 6.07) is 0. The molecule has 0 aliphatic rings. The number of amidine groups is 2. The van der Waals surface area contributed by atoms with Crippen LogP contribution in [-0.2, 0) is 0 Å². The molecule has 0 aliphatic heterocycles. The van der Waals surface area contributed by atoms with Crippen LogP contribution in [0.4, 0.5) is 0 Å². The molecule has 4 nitrogen and oxygen atoms in total. The van der Waals surface area contributed by atoms with Gasteiger partial charge in [-0.3, -0.25) is 9.98 Å². The van der Waals surface area contributed by atoms with Gasteiger partial charge in [0.1, 0.15) is 11.7 Å². The summed E-state index contributed by atoms with van der Waals surface area (Å²) in [5.74, 6) is 2.07. The van der Waals surface area contributed by atoms with Gasteiger partial charge in [-0.2, -0.15) is 0 Å². The lowest BCUT2D eigenvalue weighted by Crippen LogP contribution is -2.31. The van der Waals surface area contributed by atoms with Crippen LogP contribution in [0.1, 0.15) is 6.42 Å². The van der Waals surface area contributed by atoms with Crippen molar-refractivity contribution in [2.75, 3.05) is 42.3 Å². The topological polar surface area (TPSA) is 31.2 Å². The van der Waals surface area contributed by atoms with E-state index in [-0.39, 0.29) is 0 Å². The third kappa shape index (κ3) is 3.92. The predicted octanol–water partition coefficient (Wildman–Crippen LogP) is 0.556. The van der Waals surface area contributed by atoms with Crippen LogP contribution in [0.15, 0.2) is 9.98 Å². The Bertz CT molecular complexity index is 182. The number of hydrogen-bond donors (Lipinski definition) is 0. The Labute approximate surface area is 81.0 Å². The van der Waals surface area contributed by atoms with Crippen LogP contribution in [0.2, 0.25) is 0 Å². The highest BCUT2D eigenvalue weighted by Crippen LogP contribution is 1.96. The Morgan fingerprint density at radius 2 is 1.15 bits per heavy atom. The Balaban J connectivity index is 4.40. The Morgan fingerprint density at radius 3 is 1.31 bits per heavy atom. The van der Waals surface area contributed by atoms with Crippen molar-refractivity contribution >= 4 is 11.7 Å². The Morgan fingerprint density at radius 1 is 0.846 bits per heavy atom. The van der Waals surface area contributed by atoms with Crippen molar-refractivity contribution in [1.82, 2.24) is 9.80 Å². The van der Waals surface area contributed by atoms with Crippen LogP contribution in [-0.4, -0.2) is 63.8 Å². The van der Waals surface area contributed by atoms with Crippen LogP contribution in [0.3, 0.4) is 0 Å². The normalized spacial score (nSPS) is 13.1. The van der Waals surface area contributed by atoms with Gasteiger partial charge < -0.3 is 9.80 Å². The summed E-state index contributed by atoms with van der Waals surface area (Å²) in [5.41, 5.74) is 0. The monoisotopic (exact) mass is 184 g/mol. The van der Waals surface area contributed by atoms with Gasteiger partial charge in [0.2, 0.25) is 0 Å². The van der Waals surface area contributed by atoms with Gasteiger partial charge in [-0.05, 0) is 0 Å². The molecule has 0 unspecified atom stereocenters. The van der Waals surface area contributed by atoms with Crippen molar-refractivity contribution in [2.45, 2.75) is 6.42 Å². The smallest absolute Gasteiger partial charge is 0.106 e. The minimum absolute atomic E-state index is 0.785. The minimum atomic E-state index is 0.785. The first kappa shape index (κ1) is 11.9. The number of aliphatic imine (C=N–C) groups is 2. The van der Waals surface area contributed by atoms with E-state index in [1.165, 1.54) is 0 Å². The summed E-state index contributed by atoms with van der Waals surface area (Å²) in [6.07, 6.45) is 0.785. The molecular weight excluding hydrogens is 164 g/mol. The molecule has 76 valence electrons. The van der Waals surface area contributed by atoms with E-state index in [2.05, 4.69) is 9.98 Å². The molecule has 0 heterocycles. The molecule has 0 rings (SSSR count). The highest BCUT2D eigenvalue weighted by Gasteiger charge is 2.07. The van der Waals surface area contributed by atoms with Crippen molar-refractivity contribution in [2.24, 2.45) is 9.98 Å². The van der Waals surface area contributed by atoms with Gasteiger partial charge in [-0.15, -0.1) is 0 Å². The van der Waals surface area contributed by atoms with Gasteiger partial charge in [-0.25, -0.2) is 0 Å². The molecule has 0 atom stereocenters. The third-order valence-corrected chi connectivity index (χ3v) is 1.86. The van der Waals surface area contributed by atoms with Crippen LogP contribution < -0.4 is 0 Å². The van der Waals surface area contributed by atoms with Gasteiger partial charge in [-0.1, -0.05) is 0 Å². The zero-order valence-corrected chi connectivity index (χ0v) is 9.50. The lowest BCUT2D eigenvalue weighted by atomic mass is 10.3. The molecule has 0 spiro atoms. The molecule has 0 bridgehead atoms. The van der Waals surface area contributed by atoms with Crippen LogP contribution in [0.5, 0.6) is 0 Å². The molecule has 0 aromatic heterocycles. The zero-order chi connectivity index (χ0) is 10.4. The average Bonchev–Trinajstić information content (AvgIpc) is 2.05. The maximum atomic E-state index is 4.19. The van der Waals surface area contributed by atoms with Gasteiger partial charge >= 0.3 is 0 Å². The molecule has 0 N–H and O–H groups in total. The maximum Gasteiger partial charge on any atom is 0.106 e. The summed E-state index contributed by atoms with van der Waals surface area (Å²) in [6.45, 7) is 0. The van der Waals surface area contributed by atoms with E-state index in [1.54, 1.807) is 14.1 Å². The van der Waals surface area contributed by atoms with Crippen LogP contribution in [0, 0.1) is 0 Å². The first-order chi connectivity index (χ1) is 6.02. The molecule has 0 saturated carbocycles. The maximum absolute atomic E-state index is 4.19. The lowest BCUT2D eigenvalue weighted by molar-refractivity contribution is 0.586. The molecule has 0 aliphatic carbocycles. The SMILES string of the molecule is CN=C(CC(=NC)N(C)C)N(C)C. The second-order valence-corrected chi connectivity index (χ2v) is 3.25.